The molecule has 1 aliphatic heterocycles. The largest absolute Gasteiger partial charge is 0.481 e. The Bertz CT molecular complexity index is 1600. The molecule has 6 N–H and O–H groups in total. The fraction of sp³-hybridized carbons (Fsp3) is 0.389. The Balaban J connectivity index is 1.42. The lowest BCUT2D eigenvalue weighted by Gasteiger charge is -2.21. The number of aliphatic hydroxyl groups is 2. The molecule has 21 heteroatoms. The average Bonchev–Trinajstić information content (AvgIpc) is 3.37. The Morgan fingerprint density at radius 1 is 1.18 bits per heavy atom. The third-order valence-corrected chi connectivity index (χ3v) is 8.26. The first-order chi connectivity index (χ1) is 18.2. The normalized spacial score (nSPS) is 25.3. The van der Waals surface area contributed by atoms with Crippen molar-refractivity contribution in [3.8, 4) is 0 Å². The van der Waals surface area contributed by atoms with Gasteiger partial charge in [0.05, 0.1) is 29.5 Å². The fourth-order valence-electron chi connectivity index (χ4n) is 3.84. The number of nitro groups is 1. The van der Waals surface area contributed by atoms with Crippen LogP contribution >= 0.6 is 15.6 Å². The van der Waals surface area contributed by atoms with Crippen LogP contribution in [0.5, 0.6) is 0 Å². The molecular weight excluding hydrogens is 572 g/mol. The smallest absolute Gasteiger partial charge is 0.387 e. The van der Waals surface area contributed by atoms with Gasteiger partial charge in [-0.05, 0) is 13.0 Å². The summed E-state index contributed by atoms with van der Waals surface area (Å²) in [4.78, 5) is 61.9. The summed E-state index contributed by atoms with van der Waals surface area (Å²) in [5.41, 5.74) is -2.62. The molecule has 1 fully saturated rings. The van der Waals surface area contributed by atoms with Crippen LogP contribution in [0.2, 0.25) is 0 Å². The van der Waals surface area contributed by atoms with Crippen molar-refractivity contribution in [2.45, 2.75) is 37.6 Å². The van der Waals surface area contributed by atoms with Gasteiger partial charge in [0.25, 0.3) is 11.2 Å². The molecule has 0 bridgehead atoms. The Morgan fingerprint density at radius 2 is 1.87 bits per heavy atom. The molecule has 0 saturated carbocycles. The number of para-hydroxylation sites is 1. The van der Waals surface area contributed by atoms with Crippen LogP contribution in [0.4, 0.5) is 5.69 Å². The van der Waals surface area contributed by atoms with Gasteiger partial charge in [-0.15, -0.1) is 0 Å². The monoisotopic (exact) mass is 593 g/mol. The van der Waals surface area contributed by atoms with Gasteiger partial charge in [0.1, 0.15) is 24.0 Å². The number of benzene rings is 1. The molecule has 1 aliphatic rings. The third kappa shape index (κ3) is 6.23. The molecule has 3 heterocycles. The van der Waals surface area contributed by atoms with E-state index >= 15 is 0 Å². The van der Waals surface area contributed by atoms with E-state index in [1.807, 2.05) is 4.98 Å². The van der Waals surface area contributed by atoms with E-state index in [1.165, 1.54) is 25.1 Å². The molecule has 0 aliphatic carbocycles. The lowest BCUT2D eigenvalue weighted by molar-refractivity contribution is -0.386. The molecule has 212 valence electrons. The highest BCUT2D eigenvalue weighted by atomic mass is 31.3. The molecule has 2 aromatic heterocycles. The zero-order chi connectivity index (χ0) is 28.7. The van der Waals surface area contributed by atoms with E-state index in [0.717, 1.165) is 17.0 Å². The quantitative estimate of drug-likeness (QED) is 0.102. The van der Waals surface area contributed by atoms with Gasteiger partial charge in [-0.1, -0.05) is 12.1 Å². The van der Waals surface area contributed by atoms with Gasteiger partial charge in [-0.25, -0.2) is 18.9 Å². The van der Waals surface area contributed by atoms with Crippen LogP contribution in [-0.2, 0) is 27.2 Å². The van der Waals surface area contributed by atoms with E-state index in [4.69, 9.17) is 9.26 Å². The number of ether oxygens (including phenoxy) is 1. The molecular formula is C18H21N5O14P2. The van der Waals surface area contributed by atoms with E-state index in [0.29, 0.717) is 0 Å². The van der Waals surface area contributed by atoms with Gasteiger partial charge in [-0.3, -0.25) is 38.5 Å². The van der Waals surface area contributed by atoms with Crippen molar-refractivity contribution in [2.75, 3.05) is 6.61 Å². The van der Waals surface area contributed by atoms with Crippen molar-refractivity contribution >= 4 is 32.5 Å². The number of nitro benzene ring substituents is 1. The number of fused-ring (bicyclic) bond motifs is 1. The summed E-state index contributed by atoms with van der Waals surface area (Å²) in [5, 5.41) is 31.9. The average molecular weight is 593 g/mol. The van der Waals surface area contributed by atoms with E-state index in [9.17, 15) is 48.8 Å². The summed E-state index contributed by atoms with van der Waals surface area (Å²) >= 11 is 0. The first-order valence-electron chi connectivity index (χ1n) is 10.8. The highest BCUT2D eigenvalue weighted by molar-refractivity contribution is 7.61. The second-order valence-electron chi connectivity index (χ2n) is 8.18. The minimum Gasteiger partial charge on any atom is -0.387 e. The van der Waals surface area contributed by atoms with Crippen LogP contribution < -0.4 is 11.2 Å². The first kappa shape index (κ1) is 28.9. The predicted molar refractivity (Wildman–Crippen MR) is 126 cm³/mol. The van der Waals surface area contributed by atoms with Gasteiger partial charge >= 0.3 is 21.3 Å². The van der Waals surface area contributed by atoms with Gasteiger partial charge < -0.3 is 24.7 Å². The third-order valence-electron chi connectivity index (χ3n) is 5.55. The minimum atomic E-state index is -5.38. The highest BCUT2D eigenvalue weighted by Crippen LogP contribution is 2.62. The summed E-state index contributed by atoms with van der Waals surface area (Å²) in [6, 6.07) is 5.12. The van der Waals surface area contributed by atoms with Gasteiger partial charge in [0, 0.05) is 6.07 Å². The van der Waals surface area contributed by atoms with Crippen molar-refractivity contribution in [1.82, 2.24) is 19.5 Å². The molecule has 19 nitrogen and oxygen atoms in total. The molecule has 4 rings (SSSR count). The standard InChI is InChI=1S/C18H21N5O14P2/c1-8(9-4-2-3-5-10(9)23(28)29)36-39(32,33)37-38(30,31)34-6-11-13(24)14(25)17(35-11)22-7-19-12-15(22)20-18(27)21-16(12)26/h2-5,7-8,11,13-14,17,24-25H,6H2,1H3,(H,30,31)(H,32,33)(H2,20,21,26,27)/t8?,11-,13-,14-,17-/m1/s1. The Hall–Kier alpha value is -3.09. The van der Waals surface area contributed by atoms with E-state index in [-0.39, 0.29) is 16.7 Å². The molecule has 3 unspecified atom stereocenters. The summed E-state index contributed by atoms with van der Waals surface area (Å²) in [5.74, 6) is 0. The Kier molecular flexibility index (Phi) is 8.02. The number of hydrogen-bond donors (Lipinski definition) is 6. The van der Waals surface area contributed by atoms with Gasteiger partial charge in [0.15, 0.2) is 11.7 Å². The molecule has 3 aromatic rings. The van der Waals surface area contributed by atoms with Gasteiger partial charge in [0.2, 0.25) is 0 Å². The summed E-state index contributed by atoms with van der Waals surface area (Å²) < 4.78 is 44.8. The minimum absolute atomic E-state index is 0.119. The van der Waals surface area contributed by atoms with Crippen molar-refractivity contribution in [3.05, 3.63) is 67.1 Å². The lowest BCUT2D eigenvalue weighted by Crippen LogP contribution is -2.33. The lowest BCUT2D eigenvalue weighted by atomic mass is 10.1. The zero-order valence-corrected chi connectivity index (χ0v) is 21.4. The topological polar surface area (TPSA) is 279 Å². The molecule has 0 spiro atoms. The van der Waals surface area contributed by atoms with Gasteiger partial charge in [-0.2, -0.15) is 4.31 Å². The number of H-pyrrole nitrogens is 2. The maximum atomic E-state index is 12.3. The maximum Gasteiger partial charge on any atom is 0.481 e. The van der Waals surface area contributed by atoms with Crippen LogP contribution in [0.1, 0.15) is 24.8 Å². The summed E-state index contributed by atoms with van der Waals surface area (Å²) in [6.07, 6.45) is -6.78. The molecule has 0 amide bonds. The van der Waals surface area contributed by atoms with Crippen LogP contribution in [0.15, 0.2) is 40.2 Å². The van der Waals surface area contributed by atoms with Crippen molar-refractivity contribution < 1.29 is 52.1 Å². The first-order valence-corrected chi connectivity index (χ1v) is 13.8. The predicted octanol–water partition coefficient (Wildman–Crippen LogP) is -0.0479. The summed E-state index contributed by atoms with van der Waals surface area (Å²) in [6.45, 7) is 0.217. The van der Waals surface area contributed by atoms with Crippen LogP contribution in [0, 0.1) is 10.1 Å². The zero-order valence-electron chi connectivity index (χ0n) is 19.6. The number of rotatable bonds is 10. The molecule has 39 heavy (non-hydrogen) atoms. The van der Waals surface area contributed by atoms with Crippen LogP contribution in [0.3, 0.4) is 0 Å². The van der Waals surface area contributed by atoms with Crippen LogP contribution in [-0.4, -0.2) is 69.4 Å². The van der Waals surface area contributed by atoms with Crippen molar-refractivity contribution in [1.29, 1.82) is 0 Å². The van der Waals surface area contributed by atoms with E-state index in [1.54, 1.807) is 0 Å². The van der Waals surface area contributed by atoms with Crippen LogP contribution in [0.25, 0.3) is 11.2 Å². The van der Waals surface area contributed by atoms with Crippen molar-refractivity contribution in [3.63, 3.8) is 0 Å². The Morgan fingerprint density at radius 3 is 2.56 bits per heavy atom. The molecule has 7 atom stereocenters. The molecule has 1 saturated heterocycles. The number of aliphatic hydroxyl groups excluding tert-OH is 2. The SMILES string of the molecule is CC(OP(=O)(O)OP(=O)(O)OC[C@H]1O[C@@H](n2cnc3c(=O)[nH]c(=O)[nH]c32)[C@H](O)[C@@H]1O)c1ccccc1[N+](=O)[O-]. The fourth-order valence-corrected chi connectivity index (χ4v) is 6.07. The summed E-state index contributed by atoms with van der Waals surface area (Å²) in [7, 11) is -10.7. The number of aromatic amines is 2. The van der Waals surface area contributed by atoms with Crippen molar-refractivity contribution in [2.24, 2.45) is 0 Å². The Labute approximate surface area is 216 Å². The second-order valence-corrected chi connectivity index (χ2v) is 11.2. The van der Waals surface area contributed by atoms with E-state index < -0.39 is 74.8 Å². The molecule has 0 radical (unpaired) electrons. The number of nitrogens with one attached hydrogen (secondary N) is 2. The second kappa shape index (κ2) is 10.8. The number of imidazole rings is 1. The maximum absolute atomic E-state index is 12.3. The van der Waals surface area contributed by atoms with E-state index in [2.05, 4.69) is 18.8 Å². The molecule has 1 aromatic carbocycles. The number of phosphoric ester groups is 2. The highest BCUT2D eigenvalue weighted by Gasteiger charge is 2.46. The number of nitrogens with zero attached hydrogens (tertiary/aromatic N) is 3. The number of aromatic nitrogens is 4. The number of phosphoric acid groups is 2. The number of hydrogen-bond acceptors (Lipinski definition) is 13.